The first-order valence-corrected chi connectivity index (χ1v) is 10.9. The van der Waals surface area contributed by atoms with E-state index in [1.807, 2.05) is 18.2 Å². The highest BCUT2D eigenvalue weighted by atomic mass is 16.5. The van der Waals surface area contributed by atoms with E-state index < -0.39 is 11.8 Å². The number of carbonyl (C=O) groups is 2. The van der Waals surface area contributed by atoms with E-state index in [2.05, 4.69) is 13.5 Å². The third kappa shape index (κ3) is 5.17. The molecule has 0 bridgehead atoms. The van der Waals surface area contributed by atoms with Crippen LogP contribution in [0.2, 0.25) is 0 Å². The molecule has 0 radical (unpaired) electrons. The van der Waals surface area contributed by atoms with Gasteiger partial charge in [0.05, 0.1) is 6.61 Å². The predicted molar refractivity (Wildman–Crippen MR) is 128 cm³/mol. The Morgan fingerprint density at radius 1 is 1.06 bits per heavy atom. The van der Waals surface area contributed by atoms with Crippen molar-refractivity contribution in [3.8, 4) is 23.0 Å². The Bertz CT molecular complexity index is 1190. The number of Topliss-reactive ketones (excluding diaryl/α,β-unsaturated/α-hetero) is 1. The Hall–Kier alpha value is -3.80. The van der Waals surface area contributed by atoms with Gasteiger partial charge in [0.25, 0.3) is 0 Å². The lowest BCUT2D eigenvalue weighted by atomic mass is 10.0. The Morgan fingerprint density at radius 3 is 2.48 bits per heavy atom. The number of rotatable bonds is 11. The number of carbonyl (C=O) groups excluding carboxylic acids is 1. The smallest absolute Gasteiger partial charge is 0.343 e. The van der Waals surface area contributed by atoms with Crippen LogP contribution in [0.3, 0.4) is 0 Å². The molecule has 2 N–H and O–H groups in total. The molecule has 0 saturated heterocycles. The number of hydrogen-bond donors (Lipinski definition) is 2. The number of aromatic hydroxyl groups is 1. The molecule has 0 aliphatic rings. The second-order valence-corrected chi connectivity index (χ2v) is 7.76. The van der Waals surface area contributed by atoms with Crippen LogP contribution in [0.15, 0.2) is 55.1 Å². The van der Waals surface area contributed by atoms with Gasteiger partial charge in [-0.3, -0.25) is 4.79 Å². The molecule has 0 aromatic heterocycles. The van der Waals surface area contributed by atoms with Gasteiger partial charge in [-0.15, -0.1) is 6.58 Å². The number of fused-ring (bicyclic) bond motifs is 1. The van der Waals surface area contributed by atoms with Gasteiger partial charge in [0.15, 0.2) is 5.78 Å². The molecule has 0 spiro atoms. The van der Waals surface area contributed by atoms with Crippen molar-refractivity contribution in [2.45, 2.75) is 39.5 Å². The largest absolute Gasteiger partial charge is 0.507 e. The fraction of sp³-hybridized carbons (Fsp3) is 0.259. The molecule has 6 heteroatoms. The van der Waals surface area contributed by atoms with Crippen molar-refractivity contribution in [2.24, 2.45) is 0 Å². The summed E-state index contributed by atoms with van der Waals surface area (Å²) in [5.74, 6) is -1.48. The molecule has 0 unspecified atom stereocenters. The van der Waals surface area contributed by atoms with E-state index in [0.29, 0.717) is 24.0 Å². The van der Waals surface area contributed by atoms with Crippen LogP contribution >= 0.6 is 0 Å². The first kappa shape index (κ1) is 23.9. The van der Waals surface area contributed by atoms with Crippen LogP contribution in [0.5, 0.6) is 23.0 Å². The van der Waals surface area contributed by atoms with Crippen molar-refractivity contribution < 1.29 is 29.3 Å². The lowest BCUT2D eigenvalue weighted by molar-refractivity contribution is 0.0689. The minimum absolute atomic E-state index is 0.00994. The summed E-state index contributed by atoms with van der Waals surface area (Å²) in [6.07, 6.45) is 4.77. The third-order valence-electron chi connectivity index (χ3n) is 5.33. The number of ketones is 1. The van der Waals surface area contributed by atoms with Crippen LogP contribution in [-0.4, -0.2) is 28.6 Å². The molecule has 0 heterocycles. The lowest BCUT2D eigenvalue weighted by Gasteiger charge is -2.18. The summed E-state index contributed by atoms with van der Waals surface area (Å²) in [5, 5.41) is 22.1. The van der Waals surface area contributed by atoms with Crippen LogP contribution in [0.4, 0.5) is 0 Å². The number of benzene rings is 3. The van der Waals surface area contributed by atoms with E-state index in [1.54, 1.807) is 30.3 Å². The van der Waals surface area contributed by atoms with Gasteiger partial charge in [0.2, 0.25) is 0 Å². The minimum atomic E-state index is -1.21. The summed E-state index contributed by atoms with van der Waals surface area (Å²) in [6, 6.07) is 12.1. The number of carboxylic acids is 1. The van der Waals surface area contributed by atoms with Gasteiger partial charge in [-0.1, -0.05) is 56.2 Å². The maximum Gasteiger partial charge on any atom is 0.343 e. The van der Waals surface area contributed by atoms with Gasteiger partial charge in [-0.25, -0.2) is 4.79 Å². The summed E-state index contributed by atoms with van der Waals surface area (Å²) >= 11 is 0. The molecule has 0 saturated carbocycles. The van der Waals surface area contributed by atoms with E-state index in [-0.39, 0.29) is 34.1 Å². The van der Waals surface area contributed by atoms with Crippen molar-refractivity contribution >= 4 is 22.5 Å². The fourth-order valence-corrected chi connectivity index (χ4v) is 3.73. The monoisotopic (exact) mass is 448 g/mol. The second kappa shape index (κ2) is 10.7. The molecular formula is C27H28O6. The number of phenols is 1. The van der Waals surface area contributed by atoms with Crippen LogP contribution in [0.25, 0.3) is 10.8 Å². The molecule has 0 atom stereocenters. The molecule has 0 amide bonds. The zero-order valence-corrected chi connectivity index (χ0v) is 18.9. The number of allylic oxidation sites excluding steroid dienone is 1. The van der Waals surface area contributed by atoms with E-state index in [4.69, 9.17) is 9.47 Å². The molecule has 33 heavy (non-hydrogen) atoms. The normalized spacial score (nSPS) is 10.7. The zero-order chi connectivity index (χ0) is 24.0. The summed E-state index contributed by atoms with van der Waals surface area (Å²) in [5.41, 5.74) is 0.387. The van der Waals surface area contributed by atoms with E-state index in [1.165, 1.54) is 6.92 Å². The van der Waals surface area contributed by atoms with E-state index in [0.717, 1.165) is 24.6 Å². The van der Waals surface area contributed by atoms with E-state index >= 15 is 0 Å². The minimum Gasteiger partial charge on any atom is -0.507 e. The molecule has 0 aliphatic carbocycles. The quantitative estimate of drug-likeness (QED) is 0.197. The molecule has 3 aromatic carbocycles. The van der Waals surface area contributed by atoms with Gasteiger partial charge in [-0.2, -0.15) is 0 Å². The molecule has 3 aromatic rings. The molecule has 3 rings (SSSR count). The summed E-state index contributed by atoms with van der Waals surface area (Å²) < 4.78 is 11.9. The maximum absolute atomic E-state index is 12.3. The Morgan fingerprint density at radius 2 is 1.82 bits per heavy atom. The molecule has 0 aliphatic heterocycles. The number of aromatic carboxylic acids is 1. The van der Waals surface area contributed by atoms with Crippen molar-refractivity contribution in [3.63, 3.8) is 0 Å². The number of ether oxygens (including phenoxy) is 2. The van der Waals surface area contributed by atoms with Gasteiger partial charge in [-0.05, 0) is 42.8 Å². The van der Waals surface area contributed by atoms with E-state index in [9.17, 15) is 19.8 Å². The average molecular weight is 449 g/mol. The van der Waals surface area contributed by atoms with Crippen molar-refractivity contribution in [2.75, 3.05) is 6.61 Å². The molecule has 6 nitrogen and oxygen atoms in total. The van der Waals surface area contributed by atoms with Crippen LogP contribution < -0.4 is 9.47 Å². The number of hydrogen-bond acceptors (Lipinski definition) is 5. The standard InChI is InChI=1S/C27H28O6/c1-4-6-9-15-32-26-20-12-8-7-11-19(20)16-22(24(26)27(30)31)33-21-14-13-18(10-5-2)25(29)23(21)17(3)28/h5,7-8,11-14,16,29H,2,4,6,9-10,15H2,1,3H3,(H,30,31). The molecule has 0 fully saturated rings. The Balaban J connectivity index is 2.16. The second-order valence-electron chi connectivity index (χ2n) is 7.76. The van der Waals surface area contributed by atoms with Gasteiger partial charge in [0.1, 0.15) is 34.1 Å². The highest BCUT2D eigenvalue weighted by Crippen LogP contribution is 2.41. The Labute approximate surface area is 193 Å². The lowest BCUT2D eigenvalue weighted by Crippen LogP contribution is -2.08. The summed E-state index contributed by atoms with van der Waals surface area (Å²) in [4.78, 5) is 24.6. The van der Waals surface area contributed by atoms with Crippen molar-refractivity contribution in [1.29, 1.82) is 0 Å². The van der Waals surface area contributed by atoms with Gasteiger partial charge >= 0.3 is 5.97 Å². The first-order valence-electron chi connectivity index (χ1n) is 10.9. The summed E-state index contributed by atoms with van der Waals surface area (Å²) in [7, 11) is 0. The number of carboxylic acid groups (broad SMARTS) is 1. The molecular weight excluding hydrogens is 420 g/mol. The van der Waals surface area contributed by atoms with Gasteiger partial charge in [0, 0.05) is 5.39 Å². The average Bonchev–Trinajstić information content (AvgIpc) is 2.78. The summed E-state index contributed by atoms with van der Waals surface area (Å²) in [6.45, 7) is 7.43. The first-order chi connectivity index (χ1) is 15.9. The third-order valence-corrected chi connectivity index (χ3v) is 5.33. The maximum atomic E-state index is 12.3. The zero-order valence-electron chi connectivity index (χ0n) is 18.9. The van der Waals surface area contributed by atoms with Crippen LogP contribution in [0, 0.1) is 0 Å². The molecule has 172 valence electrons. The van der Waals surface area contributed by atoms with Crippen LogP contribution in [0.1, 0.15) is 59.4 Å². The SMILES string of the molecule is C=CCc1ccc(Oc2cc3ccccc3c(OCCCCC)c2C(=O)O)c(C(C)=O)c1O. The fourth-order valence-electron chi connectivity index (χ4n) is 3.73. The van der Waals surface area contributed by atoms with Crippen molar-refractivity contribution in [1.82, 2.24) is 0 Å². The topological polar surface area (TPSA) is 93.1 Å². The van der Waals surface area contributed by atoms with Crippen LogP contribution in [-0.2, 0) is 6.42 Å². The number of phenolic OH excluding ortho intramolecular Hbond substituents is 1. The van der Waals surface area contributed by atoms with Crippen molar-refractivity contribution in [3.05, 3.63) is 71.8 Å². The Kier molecular flexibility index (Phi) is 7.72. The number of unbranched alkanes of at least 4 members (excludes halogenated alkanes) is 2. The predicted octanol–water partition coefficient (Wildman–Crippen LogP) is 6.54. The highest BCUT2D eigenvalue weighted by molar-refractivity contribution is 6.04. The highest BCUT2D eigenvalue weighted by Gasteiger charge is 2.25. The van der Waals surface area contributed by atoms with Gasteiger partial charge < -0.3 is 19.7 Å².